The maximum atomic E-state index is 12.7. The van der Waals surface area contributed by atoms with Crippen molar-refractivity contribution in [3.8, 4) is 0 Å². The van der Waals surface area contributed by atoms with E-state index in [4.69, 9.17) is 20.8 Å². The third-order valence-electron chi connectivity index (χ3n) is 3.90. The van der Waals surface area contributed by atoms with Crippen molar-refractivity contribution in [1.29, 1.82) is 0 Å². The summed E-state index contributed by atoms with van der Waals surface area (Å²) in [6.45, 7) is 1.18. The zero-order chi connectivity index (χ0) is 15.5. The number of methoxy groups -OCH3 is 1. The highest BCUT2D eigenvalue weighted by Gasteiger charge is 2.32. The van der Waals surface area contributed by atoms with Crippen LogP contribution in [-0.4, -0.2) is 24.5 Å². The molecule has 1 amide bonds. The molecule has 1 aliphatic heterocycles. The molecular formula is C17H18ClNO3. The molecule has 116 valence electrons. The van der Waals surface area contributed by atoms with Gasteiger partial charge in [-0.1, -0.05) is 11.6 Å². The average molecular weight is 320 g/mol. The zero-order valence-corrected chi connectivity index (χ0v) is 13.2. The normalized spacial score (nSPS) is 17.9. The van der Waals surface area contributed by atoms with Crippen molar-refractivity contribution < 1.29 is 13.9 Å². The molecular weight excluding hydrogens is 302 g/mol. The van der Waals surface area contributed by atoms with Gasteiger partial charge in [-0.3, -0.25) is 4.79 Å². The molecule has 3 rings (SSSR count). The molecule has 0 spiro atoms. The molecule has 1 aromatic carbocycles. The first-order valence-electron chi connectivity index (χ1n) is 7.33. The number of halogens is 1. The van der Waals surface area contributed by atoms with Crippen molar-refractivity contribution in [2.75, 3.05) is 13.7 Å². The maximum Gasteiger partial charge on any atom is 0.254 e. The highest BCUT2D eigenvalue weighted by molar-refractivity contribution is 6.30. The molecule has 1 saturated heterocycles. The van der Waals surface area contributed by atoms with E-state index in [9.17, 15) is 4.79 Å². The van der Waals surface area contributed by atoms with E-state index in [-0.39, 0.29) is 11.9 Å². The zero-order valence-electron chi connectivity index (χ0n) is 12.4. The van der Waals surface area contributed by atoms with Crippen molar-refractivity contribution in [2.45, 2.75) is 25.5 Å². The summed E-state index contributed by atoms with van der Waals surface area (Å²) in [5.74, 6) is 1.62. The van der Waals surface area contributed by atoms with Gasteiger partial charge in [0.25, 0.3) is 5.91 Å². The lowest BCUT2D eigenvalue weighted by atomic mass is 10.1. The lowest BCUT2D eigenvalue weighted by molar-refractivity contribution is 0.0716. The van der Waals surface area contributed by atoms with Crippen LogP contribution in [0.25, 0.3) is 0 Å². The second-order valence-corrected chi connectivity index (χ2v) is 5.84. The Morgan fingerprint density at radius 2 is 2.09 bits per heavy atom. The second-order valence-electron chi connectivity index (χ2n) is 5.40. The van der Waals surface area contributed by atoms with Gasteiger partial charge in [-0.2, -0.15) is 0 Å². The number of rotatable bonds is 4. The number of likely N-dealkylation sites (tertiary alicyclic amines) is 1. The molecule has 0 aliphatic carbocycles. The first-order valence-corrected chi connectivity index (χ1v) is 7.71. The van der Waals surface area contributed by atoms with Crippen molar-refractivity contribution in [2.24, 2.45) is 0 Å². The van der Waals surface area contributed by atoms with E-state index in [0.717, 1.165) is 30.9 Å². The lowest BCUT2D eigenvalue weighted by Gasteiger charge is -2.23. The molecule has 2 aromatic rings. The predicted molar refractivity (Wildman–Crippen MR) is 83.9 cm³/mol. The quantitative estimate of drug-likeness (QED) is 0.853. The molecule has 1 aliphatic rings. The van der Waals surface area contributed by atoms with Crippen LogP contribution in [0.1, 0.15) is 40.8 Å². The molecule has 5 heteroatoms. The smallest absolute Gasteiger partial charge is 0.254 e. The summed E-state index contributed by atoms with van der Waals surface area (Å²) in [4.78, 5) is 14.6. The fourth-order valence-corrected chi connectivity index (χ4v) is 2.98. The second kappa shape index (κ2) is 6.55. The molecule has 0 saturated carbocycles. The Bertz CT molecular complexity index is 650. The van der Waals surface area contributed by atoms with Gasteiger partial charge in [-0.05, 0) is 49.2 Å². The third kappa shape index (κ3) is 3.03. The van der Waals surface area contributed by atoms with Crippen molar-refractivity contribution in [3.05, 3.63) is 58.5 Å². The summed E-state index contributed by atoms with van der Waals surface area (Å²) in [5, 5.41) is 0.629. The van der Waals surface area contributed by atoms with E-state index in [2.05, 4.69) is 0 Å². The minimum absolute atomic E-state index is 0.00576. The fourth-order valence-electron chi connectivity index (χ4n) is 2.86. The number of ether oxygens (including phenoxy) is 1. The number of hydrogen-bond acceptors (Lipinski definition) is 3. The number of carbonyl (C=O) groups excluding carboxylic acids is 1. The van der Waals surface area contributed by atoms with Crippen LogP contribution in [0.15, 0.2) is 40.8 Å². The molecule has 0 radical (unpaired) electrons. The Hall–Kier alpha value is -1.78. The van der Waals surface area contributed by atoms with Gasteiger partial charge >= 0.3 is 0 Å². The molecule has 4 nitrogen and oxygen atoms in total. The van der Waals surface area contributed by atoms with Crippen LogP contribution in [0, 0.1) is 0 Å². The van der Waals surface area contributed by atoms with Crippen LogP contribution in [-0.2, 0) is 11.3 Å². The Morgan fingerprint density at radius 1 is 1.32 bits per heavy atom. The molecule has 1 aromatic heterocycles. The molecule has 22 heavy (non-hydrogen) atoms. The molecule has 1 fully saturated rings. The van der Waals surface area contributed by atoms with Gasteiger partial charge in [0, 0.05) is 24.2 Å². The average Bonchev–Trinajstić information content (AvgIpc) is 3.16. The van der Waals surface area contributed by atoms with Gasteiger partial charge in [0.05, 0.1) is 6.04 Å². The highest BCUT2D eigenvalue weighted by atomic mass is 35.5. The maximum absolute atomic E-state index is 12.7. The minimum Gasteiger partial charge on any atom is -0.461 e. The number of nitrogens with zero attached hydrogens (tertiary/aromatic N) is 1. The number of benzene rings is 1. The Kier molecular flexibility index (Phi) is 4.50. The number of amides is 1. The van der Waals surface area contributed by atoms with Crippen LogP contribution in [0.5, 0.6) is 0 Å². The minimum atomic E-state index is -0.00576. The standard InChI is InChI=1S/C17H18ClNO3/c1-21-11-14-8-9-16(22-14)15-3-2-10-19(15)17(20)12-4-6-13(18)7-5-12/h4-9,15H,2-3,10-11H2,1H3. The predicted octanol–water partition coefficient (Wildman–Crippen LogP) is 4.06. The van der Waals surface area contributed by atoms with Crippen LogP contribution in [0.4, 0.5) is 0 Å². The first-order chi connectivity index (χ1) is 10.7. The van der Waals surface area contributed by atoms with Crippen LogP contribution >= 0.6 is 11.6 Å². The molecule has 0 N–H and O–H groups in total. The topological polar surface area (TPSA) is 42.7 Å². The number of carbonyl (C=O) groups is 1. The van der Waals surface area contributed by atoms with Gasteiger partial charge in [-0.25, -0.2) is 0 Å². The Labute approximate surface area is 134 Å². The van der Waals surface area contributed by atoms with Gasteiger partial charge in [0.2, 0.25) is 0 Å². The SMILES string of the molecule is COCc1ccc(C2CCCN2C(=O)c2ccc(Cl)cc2)o1. The molecule has 1 unspecified atom stereocenters. The summed E-state index contributed by atoms with van der Waals surface area (Å²) < 4.78 is 10.9. The lowest BCUT2D eigenvalue weighted by Crippen LogP contribution is -2.30. The Morgan fingerprint density at radius 3 is 2.82 bits per heavy atom. The van der Waals surface area contributed by atoms with E-state index in [0.29, 0.717) is 17.2 Å². The summed E-state index contributed by atoms with van der Waals surface area (Å²) in [6, 6.07) is 10.8. The van der Waals surface area contributed by atoms with Crippen LogP contribution in [0.2, 0.25) is 5.02 Å². The van der Waals surface area contributed by atoms with Crippen LogP contribution in [0.3, 0.4) is 0 Å². The fraction of sp³-hybridized carbons (Fsp3) is 0.353. The molecule has 2 heterocycles. The van der Waals surface area contributed by atoms with E-state index in [1.54, 1.807) is 31.4 Å². The summed E-state index contributed by atoms with van der Waals surface area (Å²) >= 11 is 5.88. The summed E-state index contributed by atoms with van der Waals surface area (Å²) in [7, 11) is 1.63. The largest absolute Gasteiger partial charge is 0.461 e. The van der Waals surface area contributed by atoms with Gasteiger partial charge in [0.15, 0.2) is 0 Å². The summed E-state index contributed by atoms with van der Waals surface area (Å²) in [5.41, 5.74) is 0.653. The van der Waals surface area contributed by atoms with E-state index < -0.39 is 0 Å². The molecule has 0 bridgehead atoms. The number of hydrogen-bond donors (Lipinski definition) is 0. The van der Waals surface area contributed by atoms with E-state index in [1.807, 2.05) is 17.0 Å². The summed E-state index contributed by atoms with van der Waals surface area (Å²) in [6.07, 6.45) is 1.89. The first kappa shape index (κ1) is 15.1. The van der Waals surface area contributed by atoms with Crippen molar-refractivity contribution in [1.82, 2.24) is 4.90 Å². The Balaban J connectivity index is 1.79. The van der Waals surface area contributed by atoms with Crippen molar-refractivity contribution >= 4 is 17.5 Å². The van der Waals surface area contributed by atoms with E-state index in [1.165, 1.54) is 0 Å². The molecule has 1 atom stereocenters. The monoisotopic (exact) mass is 319 g/mol. The number of furan rings is 1. The van der Waals surface area contributed by atoms with E-state index >= 15 is 0 Å². The van der Waals surface area contributed by atoms with Crippen molar-refractivity contribution in [3.63, 3.8) is 0 Å². The van der Waals surface area contributed by atoms with Crippen LogP contribution < -0.4 is 0 Å². The van der Waals surface area contributed by atoms with Gasteiger partial charge in [-0.15, -0.1) is 0 Å². The van der Waals surface area contributed by atoms with Gasteiger partial charge in [0.1, 0.15) is 18.1 Å². The van der Waals surface area contributed by atoms with Gasteiger partial charge < -0.3 is 14.1 Å². The third-order valence-corrected chi connectivity index (χ3v) is 4.15. The highest BCUT2D eigenvalue weighted by Crippen LogP contribution is 2.34.